The van der Waals surface area contributed by atoms with Gasteiger partial charge < -0.3 is 5.32 Å². The highest BCUT2D eigenvalue weighted by Gasteiger charge is 2.09. The SMILES string of the molecule is Cc1ccc2c(n1)NCC2. The zero-order valence-corrected chi connectivity index (χ0v) is 6.02. The van der Waals surface area contributed by atoms with Gasteiger partial charge in [0.2, 0.25) is 0 Å². The molecule has 0 atom stereocenters. The van der Waals surface area contributed by atoms with Crippen LogP contribution in [0.1, 0.15) is 11.3 Å². The molecule has 0 saturated carbocycles. The molecule has 0 fully saturated rings. The van der Waals surface area contributed by atoms with Crippen LogP contribution in [-0.2, 0) is 6.42 Å². The summed E-state index contributed by atoms with van der Waals surface area (Å²) in [5.41, 5.74) is 2.44. The van der Waals surface area contributed by atoms with Gasteiger partial charge >= 0.3 is 0 Å². The van der Waals surface area contributed by atoms with E-state index in [1.54, 1.807) is 0 Å². The number of hydrogen-bond donors (Lipinski definition) is 1. The highest BCUT2D eigenvalue weighted by molar-refractivity contribution is 5.49. The Bertz CT molecular complexity index is 255. The molecular formula is C8H10N2. The number of nitrogens with one attached hydrogen (secondary N) is 1. The van der Waals surface area contributed by atoms with Crippen molar-refractivity contribution in [3.05, 3.63) is 23.4 Å². The van der Waals surface area contributed by atoms with Crippen LogP contribution >= 0.6 is 0 Å². The summed E-state index contributed by atoms with van der Waals surface area (Å²) < 4.78 is 0. The standard InChI is InChI=1S/C8H10N2/c1-6-2-3-7-4-5-9-8(7)10-6/h2-3H,4-5H2,1H3,(H,9,10). The largest absolute Gasteiger partial charge is 0.370 e. The summed E-state index contributed by atoms with van der Waals surface area (Å²) >= 11 is 0. The summed E-state index contributed by atoms with van der Waals surface area (Å²) in [4.78, 5) is 4.34. The molecule has 0 aliphatic carbocycles. The third-order valence-corrected chi connectivity index (χ3v) is 1.80. The first-order valence-electron chi connectivity index (χ1n) is 3.57. The quantitative estimate of drug-likeness (QED) is 0.579. The van der Waals surface area contributed by atoms with E-state index in [4.69, 9.17) is 0 Å². The number of fused-ring (bicyclic) bond motifs is 1. The summed E-state index contributed by atoms with van der Waals surface area (Å²) in [5.74, 6) is 1.08. The molecule has 2 nitrogen and oxygen atoms in total. The first-order valence-corrected chi connectivity index (χ1v) is 3.57. The summed E-state index contributed by atoms with van der Waals surface area (Å²) in [6.07, 6.45) is 1.13. The maximum absolute atomic E-state index is 4.34. The van der Waals surface area contributed by atoms with E-state index in [2.05, 4.69) is 22.4 Å². The molecule has 0 unspecified atom stereocenters. The Morgan fingerprint density at radius 3 is 3.30 bits per heavy atom. The van der Waals surface area contributed by atoms with Crippen molar-refractivity contribution in [3.8, 4) is 0 Å². The number of hydrogen-bond acceptors (Lipinski definition) is 2. The smallest absolute Gasteiger partial charge is 0.129 e. The molecule has 2 heterocycles. The number of pyridine rings is 1. The summed E-state index contributed by atoms with van der Waals surface area (Å²) in [5, 5.41) is 3.23. The lowest BCUT2D eigenvalue weighted by atomic mass is 10.2. The second-order valence-corrected chi connectivity index (χ2v) is 2.64. The van der Waals surface area contributed by atoms with Gasteiger partial charge in [-0.15, -0.1) is 0 Å². The van der Waals surface area contributed by atoms with Crippen molar-refractivity contribution in [2.24, 2.45) is 0 Å². The van der Waals surface area contributed by atoms with Gasteiger partial charge in [0, 0.05) is 12.2 Å². The first-order chi connectivity index (χ1) is 4.86. The summed E-state index contributed by atoms with van der Waals surface area (Å²) in [7, 11) is 0. The summed E-state index contributed by atoms with van der Waals surface area (Å²) in [6.45, 7) is 3.06. The van der Waals surface area contributed by atoms with E-state index < -0.39 is 0 Å². The van der Waals surface area contributed by atoms with Crippen LogP contribution in [0.25, 0.3) is 0 Å². The third kappa shape index (κ3) is 0.764. The van der Waals surface area contributed by atoms with E-state index in [9.17, 15) is 0 Å². The topological polar surface area (TPSA) is 24.9 Å². The molecule has 2 heteroatoms. The minimum atomic E-state index is 1.05. The molecule has 0 radical (unpaired) electrons. The molecule has 1 aromatic rings. The van der Waals surface area contributed by atoms with Crippen molar-refractivity contribution >= 4 is 5.82 Å². The number of aryl methyl sites for hydroxylation is 1. The highest BCUT2D eigenvalue weighted by Crippen LogP contribution is 2.18. The molecule has 0 amide bonds. The Labute approximate surface area is 60.3 Å². The molecule has 52 valence electrons. The zero-order valence-electron chi connectivity index (χ0n) is 6.02. The van der Waals surface area contributed by atoms with Crippen molar-refractivity contribution in [3.63, 3.8) is 0 Å². The van der Waals surface area contributed by atoms with Crippen molar-refractivity contribution in [1.82, 2.24) is 4.98 Å². The molecule has 1 aliphatic rings. The van der Waals surface area contributed by atoms with Crippen LogP contribution in [0.3, 0.4) is 0 Å². The molecular weight excluding hydrogens is 124 g/mol. The predicted octanol–water partition coefficient (Wildman–Crippen LogP) is 1.36. The molecule has 1 aliphatic heterocycles. The van der Waals surface area contributed by atoms with Gasteiger partial charge in [-0.2, -0.15) is 0 Å². The van der Waals surface area contributed by atoms with E-state index in [-0.39, 0.29) is 0 Å². The Hall–Kier alpha value is -1.05. The third-order valence-electron chi connectivity index (χ3n) is 1.80. The van der Waals surface area contributed by atoms with Gasteiger partial charge in [-0.3, -0.25) is 0 Å². The average Bonchev–Trinajstić information content (AvgIpc) is 2.33. The maximum atomic E-state index is 4.34. The van der Waals surface area contributed by atoms with Crippen molar-refractivity contribution in [2.45, 2.75) is 13.3 Å². The van der Waals surface area contributed by atoms with Crippen molar-refractivity contribution in [2.75, 3.05) is 11.9 Å². The lowest BCUT2D eigenvalue weighted by molar-refractivity contribution is 1.11. The molecule has 1 N–H and O–H groups in total. The van der Waals surface area contributed by atoms with Crippen LogP contribution in [0.2, 0.25) is 0 Å². The summed E-state index contributed by atoms with van der Waals surface area (Å²) in [6, 6.07) is 4.21. The van der Waals surface area contributed by atoms with E-state index in [1.165, 1.54) is 5.56 Å². The fourth-order valence-corrected chi connectivity index (χ4v) is 1.26. The van der Waals surface area contributed by atoms with Gasteiger partial charge in [0.1, 0.15) is 5.82 Å². The Kier molecular flexibility index (Phi) is 1.13. The zero-order chi connectivity index (χ0) is 6.97. The molecule has 0 aromatic carbocycles. The van der Waals surface area contributed by atoms with Gasteiger partial charge in [-0.05, 0) is 25.0 Å². The number of aromatic nitrogens is 1. The molecule has 0 bridgehead atoms. The van der Waals surface area contributed by atoms with E-state index in [0.717, 1.165) is 24.5 Å². The van der Waals surface area contributed by atoms with Crippen LogP contribution in [0.15, 0.2) is 12.1 Å². The van der Waals surface area contributed by atoms with Gasteiger partial charge in [-0.25, -0.2) is 4.98 Å². The van der Waals surface area contributed by atoms with Gasteiger partial charge in [-0.1, -0.05) is 6.07 Å². The fourth-order valence-electron chi connectivity index (χ4n) is 1.26. The molecule has 0 spiro atoms. The van der Waals surface area contributed by atoms with Crippen LogP contribution in [0, 0.1) is 6.92 Å². The van der Waals surface area contributed by atoms with Crippen molar-refractivity contribution in [1.29, 1.82) is 0 Å². The maximum Gasteiger partial charge on any atom is 0.129 e. The van der Waals surface area contributed by atoms with E-state index >= 15 is 0 Å². The van der Waals surface area contributed by atoms with Gasteiger partial charge in [0.15, 0.2) is 0 Å². The Balaban J connectivity index is 2.52. The molecule has 0 saturated heterocycles. The number of nitrogens with zero attached hydrogens (tertiary/aromatic N) is 1. The number of rotatable bonds is 0. The van der Waals surface area contributed by atoms with Crippen LogP contribution in [-0.4, -0.2) is 11.5 Å². The normalized spacial score (nSPS) is 14.5. The van der Waals surface area contributed by atoms with Gasteiger partial charge in [0.05, 0.1) is 0 Å². The monoisotopic (exact) mass is 134 g/mol. The van der Waals surface area contributed by atoms with E-state index in [0.29, 0.717) is 0 Å². The van der Waals surface area contributed by atoms with Crippen LogP contribution in [0.4, 0.5) is 5.82 Å². The Morgan fingerprint density at radius 2 is 2.40 bits per heavy atom. The predicted molar refractivity (Wildman–Crippen MR) is 41.2 cm³/mol. The second kappa shape index (κ2) is 1.97. The second-order valence-electron chi connectivity index (χ2n) is 2.64. The minimum absolute atomic E-state index is 1.05. The lowest BCUT2D eigenvalue weighted by Crippen LogP contribution is -1.93. The average molecular weight is 134 g/mol. The highest BCUT2D eigenvalue weighted by atomic mass is 15.0. The van der Waals surface area contributed by atoms with Crippen LogP contribution < -0.4 is 5.32 Å². The lowest BCUT2D eigenvalue weighted by Gasteiger charge is -1.97. The molecule has 10 heavy (non-hydrogen) atoms. The molecule has 1 aromatic heterocycles. The fraction of sp³-hybridized carbons (Fsp3) is 0.375. The number of anilines is 1. The first kappa shape index (κ1) is 5.71. The van der Waals surface area contributed by atoms with E-state index in [1.807, 2.05) is 6.92 Å². The van der Waals surface area contributed by atoms with Gasteiger partial charge in [0.25, 0.3) is 0 Å². The van der Waals surface area contributed by atoms with Crippen molar-refractivity contribution < 1.29 is 0 Å². The Morgan fingerprint density at radius 1 is 1.50 bits per heavy atom. The minimum Gasteiger partial charge on any atom is -0.370 e. The van der Waals surface area contributed by atoms with Crippen LogP contribution in [0.5, 0.6) is 0 Å². The molecule has 2 rings (SSSR count).